The summed E-state index contributed by atoms with van der Waals surface area (Å²) < 4.78 is 1.06. The molecule has 0 heterocycles. The van der Waals surface area contributed by atoms with Crippen molar-refractivity contribution in [2.45, 2.75) is 19.8 Å². The Kier molecular flexibility index (Phi) is 5.81. The molecule has 4 heteroatoms. The van der Waals surface area contributed by atoms with E-state index < -0.39 is 0 Å². The molecular weight excluding hydrogens is 328 g/mol. The van der Waals surface area contributed by atoms with Gasteiger partial charge in [-0.15, -0.1) is 0 Å². The number of benzene rings is 2. The van der Waals surface area contributed by atoms with Crippen molar-refractivity contribution in [3.05, 3.63) is 64.1 Å². The first-order chi connectivity index (χ1) is 10.2. The number of nitrogens with one attached hydrogen (secondary N) is 2. The van der Waals surface area contributed by atoms with Gasteiger partial charge in [-0.25, -0.2) is 4.79 Å². The molecule has 0 saturated carbocycles. The zero-order valence-electron chi connectivity index (χ0n) is 12.0. The van der Waals surface area contributed by atoms with Gasteiger partial charge >= 0.3 is 6.03 Å². The van der Waals surface area contributed by atoms with E-state index in [1.807, 2.05) is 36.4 Å². The van der Waals surface area contributed by atoms with E-state index in [4.69, 9.17) is 0 Å². The highest BCUT2D eigenvalue weighted by Gasteiger charge is 2.04. The summed E-state index contributed by atoms with van der Waals surface area (Å²) in [6, 6.07) is 15.8. The largest absolute Gasteiger partial charge is 0.338 e. The Hall–Kier alpha value is -1.81. The summed E-state index contributed by atoms with van der Waals surface area (Å²) in [5, 5.41) is 5.78. The second-order valence-corrected chi connectivity index (χ2v) is 5.69. The predicted molar refractivity (Wildman–Crippen MR) is 90.7 cm³/mol. The van der Waals surface area contributed by atoms with E-state index in [1.165, 1.54) is 5.56 Å². The minimum atomic E-state index is -0.161. The van der Waals surface area contributed by atoms with E-state index in [0.717, 1.165) is 28.6 Å². The molecule has 2 aromatic carbocycles. The van der Waals surface area contributed by atoms with Gasteiger partial charge in [0.2, 0.25) is 0 Å². The lowest BCUT2D eigenvalue weighted by Gasteiger charge is -2.11. The smallest absolute Gasteiger partial charge is 0.319 e. The molecule has 0 saturated heterocycles. The Bertz CT molecular complexity index is 613. The fourth-order valence-electron chi connectivity index (χ4n) is 2.13. The fraction of sp³-hybridized carbons (Fsp3) is 0.235. The predicted octanol–water partition coefficient (Wildman–Crippen LogP) is 4.38. The van der Waals surface area contributed by atoms with Crippen LogP contribution < -0.4 is 10.6 Å². The van der Waals surface area contributed by atoms with Gasteiger partial charge in [0.1, 0.15) is 0 Å². The maximum atomic E-state index is 11.9. The SMILES string of the molecule is CCc1ccccc1NC(=O)NCCc1cccc(Br)c1. The number of urea groups is 1. The quantitative estimate of drug-likeness (QED) is 0.828. The van der Waals surface area contributed by atoms with Crippen LogP contribution in [0.2, 0.25) is 0 Å². The van der Waals surface area contributed by atoms with Gasteiger partial charge in [0.15, 0.2) is 0 Å². The van der Waals surface area contributed by atoms with Crippen LogP contribution in [0, 0.1) is 0 Å². The van der Waals surface area contributed by atoms with Crippen molar-refractivity contribution >= 4 is 27.6 Å². The number of anilines is 1. The van der Waals surface area contributed by atoms with Crippen molar-refractivity contribution in [3.63, 3.8) is 0 Å². The minimum Gasteiger partial charge on any atom is -0.338 e. The Balaban J connectivity index is 1.82. The zero-order chi connectivity index (χ0) is 15.1. The Morgan fingerprint density at radius 2 is 1.95 bits per heavy atom. The average Bonchev–Trinajstić information content (AvgIpc) is 2.48. The summed E-state index contributed by atoms with van der Waals surface area (Å²) in [5.74, 6) is 0. The lowest BCUT2D eigenvalue weighted by Crippen LogP contribution is -2.30. The van der Waals surface area contributed by atoms with Crippen molar-refractivity contribution < 1.29 is 4.79 Å². The summed E-state index contributed by atoms with van der Waals surface area (Å²) >= 11 is 3.44. The van der Waals surface area contributed by atoms with Crippen molar-refractivity contribution in [2.24, 2.45) is 0 Å². The molecular formula is C17H19BrN2O. The van der Waals surface area contributed by atoms with Crippen LogP contribution in [0.25, 0.3) is 0 Å². The molecule has 0 aliphatic rings. The number of para-hydroxylation sites is 1. The number of rotatable bonds is 5. The molecule has 0 atom stereocenters. The third kappa shape index (κ3) is 4.90. The maximum absolute atomic E-state index is 11.9. The van der Waals surface area contributed by atoms with E-state index in [-0.39, 0.29) is 6.03 Å². The molecule has 0 aliphatic carbocycles. The highest BCUT2D eigenvalue weighted by molar-refractivity contribution is 9.10. The molecule has 21 heavy (non-hydrogen) atoms. The summed E-state index contributed by atoms with van der Waals surface area (Å²) in [5.41, 5.74) is 3.21. The summed E-state index contributed by atoms with van der Waals surface area (Å²) in [7, 11) is 0. The number of carbonyl (C=O) groups excluding carboxylic acids is 1. The second-order valence-electron chi connectivity index (χ2n) is 4.77. The molecule has 0 spiro atoms. The van der Waals surface area contributed by atoms with Crippen molar-refractivity contribution in [2.75, 3.05) is 11.9 Å². The van der Waals surface area contributed by atoms with Crippen LogP contribution in [0.15, 0.2) is 53.0 Å². The molecule has 2 N–H and O–H groups in total. The Morgan fingerprint density at radius 1 is 1.14 bits per heavy atom. The molecule has 2 amide bonds. The lowest BCUT2D eigenvalue weighted by atomic mass is 10.1. The van der Waals surface area contributed by atoms with Crippen LogP contribution in [0.5, 0.6) is 0 Å². The highest BCUT2D eigenvalue weighted by Crippen LogP contribution is 2.15. The van der Waals surface area contributed by atoms with Gasteiger partial charge in [0.05, 0.1) is 0 Å². The lowest BCUT2D eigenvalue weighted by molar-refractivity contribution is 0.252. The number of aryl methyl sites for hydroxylation is 1. The van der Waals surface area contributed by atoms with Crippen LogP contribution in [0.4, 0.5) is 10.5 Å². The second kappa shape index (κ2) is 7.84. The monoisotopic (exact) mass is 346 g/mol. The van der Waals surface area contributed by atoms with Crippen molar-refractivity contribution in [1.82, 2.24) is 5.32 Å². The molecule has 2 rings (SSSR count). The summed E-state index contributed by atoms with van der Waals surface area (Å²) in [6.07, 6.45) is 1.71. The molecule has 0 aliphatic heterocycles. The molecule has 0 aromatic heterocycles. The van der Waals surface area contributed by atoms with Crippen LogP contribution in [0.1, 0.15) is 18.1 Å². The highest BCUT2D eigenvalue weighted by atomic mass is 79.9. The molecule has 0 radical (unpaired) electrons. The first-order valence-electron chi connectivity index (χ1n) is 7.06. The first kappa shape index (κ1) is 15.6. The molecule has 0 unspecified atom stereocenters. The van der Waals surface area contributed by atoms with Gasteiger partial charge in [0, 0.05) is 16.7 Å². The Labute approximate surface area is 133 Å². The zero-order valence-corrected chi connectivity index (χ0v) is 13.6. The van der Waals surface area contributed by atoms with Gasteiger partial charge < -0.3 is 10.6 Å². The van der Waals surface area contributed by atoms with Gasteiger partial charge in [-0.2, -0.15) is 0 Å². The standard InChI is InChI=1S/C17H19BrN2O/c1-2-14-7-3-4-9-16(14)20-17(21)19-11-10-13-6-5-8-15(18)12-13/h3-9,12H,2,10-11H2,1H3,(H2,19,20,21). The number of halogens is 1. The number of hydrogen-bond acceptors (Lipinski definition) is 1. The van der Waals surface area contributed by atoms with Crippen molar-refractivity contribution in [3.8, 4) is 0 Å². The number of carbonyl (C=O) groups is 1. The molecule has 110 valence electrons. The van der Waals surface area contributed by atoms with Gasteiger partial charge in [-0.05, 0) is 42.2 Å². The van der Waals surface area contributed by atoms with Gasteiger partial charge in [-0.1, -0.05) is 53.2 Å². The van der Waals surface area contributed by atoms with Crippen LogP contribution in [0.3, 0.4) is 0 Å². The first-order valence-corrected chi connectivity index (χ1v) is 7.85. The molecule has 3 nitrogen and oxygen atoms in total. The molecule has 0 fully saturated rings. The maximum Gasteiger partial charge on any atom is 0.319 e. The van der Waals surface area contributed by atoms with E-state index in [2.05, 4.69) is 45.6 Å². The van der Waals surface area contributed by atoms with E-state index in [0.29, 0.717) is 6.54 Å². The third-order valence-corrected chi connectivity index (χ3v) is 3.73. The Morgan fingerprint density at radius 3 is 2.71 bits per heavy atom. The molecule has 2 aromatic rings. The van der Waals surface area contributed by atoms with Crippen molar-refractivity contribution in [1.29, 1.82) is 0 Å². The van der Waals surface area contributed by atoms with E-state index >= 15 is 0 Å². The third-order valence-electron chi connectivity index (χ3n) is 3.23. The number of hydrogen-bond donors (Lipinski definition) is 2. The van der Waals surface area contributed by atoms with E-state index in [9.17, 15) is 4.79 Å². The van der Waals surface area contributed by atoms with Gasteiger partial charge in [-0.3, -0.25) is 0 Å². The normalized spacial score (nSPS) is 10.2. The molecule has 0 bridgehead atoms. The number of amides is 2. The van der Waals surface area contributed by atoms with E-state index in [1.54, 1.807) is 0 Å². The average molecular weight is 347 g/mol. The fourth-order valence-corrected chi connectivity index (χ4v) is 2.58. The summed E-state index contributed by atoms with van der Waals surface area (Å²) in [6.45, 7) is 2.68. The van der Waals surface area contributed by atoms with Crippen LogP contribution >= 0.6 is 15.9 Å². The topological polar surface area (TPSA) is 41.1 Å². The van der Waals surface area contributed by atoms with Gasteiger partial charge in [0.25, 0.3) is 0 Å². The minimum absolute atomic E-state index is 0.161. The van der Waals surface area contributed by atoms with Crippen LogP contribution in [-0.4, -0.2) is 12.6 Å². The summed E-state index contributed by atoms with van der Waals surface area (Å²) in [4.78, 5) is 11.9. The van der Waals surface area contributed by atoms with Crippen LogP contribution in [-0.2, 0) is 12.8 Å².